The summed E-state index contributed by atoms with van der Waals surface area (Å²) in [5.41, 5.74) is 1.54. The molecule has 0 spiro atoms. The number of hydrogen-bond donors (Lipinski definition) is 0. The van der Waals surface area contributed by atoms with Gasteiger partial charge in [0.25, 0.3) is 0 Å². The first-order valence-corrected chi connectivity index (χ1v) is 5.90. The minimum absolute atomic E-state index is 0.300. The lowest BCUT2D eigenvalue weighted by Crippen LogP contribution is -2.36. The summed E-state index contributed by atoms with van der Waals surface area (Å²) >= 11 is 0. The molecule has 0 bridgehead atoms. The van der Waals surface area contributed by atoms with Crippen molar-refractivity contribution in [2.45, 2.75) is 40.2 Å². The van der Waals surface area contributed by atoms with Crippen molar-refractivity contribution < 1.29 is 9.53 Å². The zero-order valence-electron chi connectivity index (χ0n) is 11.3. The fourth-order valence-corrected chi connectivity index (χ4v) is 1.53. The van der Waals surface area contributed by atoms with Gasteiger partial charge in [0.1, 0.15) is 5.60 Å². The highest BCUT2D eigenvalue weighted by Crippen LogP contribution is 2.19. The van der Waals surface area contributed by atoms with Crippen LogP contribution in [0.25, 0.3) is 0 Å². The molecule has 0 fully saturated rings. The van der Waals surface area contributed by atoms with Crippen LogP contribution in [0, 0.1) is 6.92 Å². The van der Waals surface area contributed by atoms with Gasteiger partial charge in [-0.2, -0.15) is 0 Å². The van der Waals surface area contributed by atoms with Crippen LogP contribution in [-0.2, 0) is 4.74 Å². The fourth-order valence-electron chi connectivity index (χ4n) is 1.53. The number of anilines is 1. The van der Waals surface area contributed by atoms with E-state index >= 15 is 0 Å². The van der Waals surface area contributed by atoms with E-state index in [1.165, 1.54) is 0 Å². The summed E-state index contributed by atoms with van der Waals surface area (Å²) in [6.45, 7) is 10.1. The van der Waals surface area contributed by atoms with Gasteiger partial charge in [0.05, 0.1) is 0 Å². The first-order chi connectivity index (χ1) is 7.83. The Morgan fingerprint density at radius 2 is 2.00 bits per heavy atom. The third-order valence-corrected chi connectivity index (χ3v) is 2.24. The Morgan fingerprint density at radius 1 is 1.35 bits per heavy atom. The number of rotatable bonds is 2. The third kappa shape index (κ3) is 4.10. The van der Waals surface area contributed by atoms with Crippen LogP contribution in [0.5, 0.6) is 0 Å². The van der Waals surface area contributed by atoms with E-state index in [2.05, 4.69) is 0 Å². The van der Waals surface area contributed by atoms with E-state index in [4.69, 9.17) is 4.74 Å². The van der Waals surface area contributed by atoms with Gasteiger partial charge in [-0.3, -0.25) is 4.90 Å². The van der Waals surface area contributed by atoms with E-state index in [0.717, 1.165) is 11.3 Å². The number of nitrogens with zero attached hydrogens (tertiary/aromatic N) is 1. The lowest BCUT2D eigenvalue weighted by molar-refractivity contribution is 0.0582. The summed E-state index contributed by atoms with van der Waals surface area (Å²) in [4.78, 5) is 13.6. The van der Waals surface area contributed by atoms with Gasteiger partial charge < -0.3 is 4.74 Å². The van der Waals surface area contributed by atoms with E-state index in [-0.39, 0.29) is 6.09 Å². The van der Waals surface area contributed by atoms with Gasteiger partial charge in [0, 0.05) is 12.2 Å². The van der Waals surface area contributed by atoms with Crippen molar-refractivity contribution in [3.05, 3.63) is 29.8 Å². The van der Waals surface area contributed by atoms with E-state index in [1.807, 2.05) is 58.9 Å². The molecule has 94 valence electrons. The Morgan fingerprint density at radius 3 is 2.47 bits per heavy atom. The molecule has 0 heterocycles. The van der Waals surface area contributed by atoms with Crippen LogP contribution < -0.4 is 4.90 Å². The molecule has 1 amide bonds. The lowest BCUT2D eigenvalue weighted by Gasteiger charge is -2.26. The summed E-state index contributed by atoms with van der Waals surface area (Å²) in [6.07, 6.45) is -0.300. The Balaban J connectivity index is 2.88. The van der Waals surface area contributed by atoms with E-state index in [1.54, 1.807) is 4.90 Å². The zero-order chi connectivity index (χ0) is 13.1. The van der Waals surface area contributed by atoms with Gasteiger partial charge in [0.15, 0.2) is 0 Å². The second kappa shape index (κ2) is 5.21. The topological polar surface area (TPSA) is 29.5 Å². The maximum Gasteiger partial charge on any atom is 0.414 e. The van der Waals surface area contributed by atoms with Crippen molar-refractivity contribution in [1.82, 2.24) is 0 Å². The van der Waals surface area contributed by atoms with Gasteiger partial charge in [-0.15, -0.1) is 0 Å². The highest BCUT2D eigenvalue weighted by atomic mass is 16.6. The van der Waals surface area contributed by atoms with E-state index < -0.39 is 5.60 Å². The summed E-state index contributed by atoms with van der Waals surface area (Å²) in [5.74, 6) is 0. The van der Waals surface area contributed by atoms with Crippen molar-refractivity contribution in [2.75, 3.05) is 11.4 Å². The highest BCUT2D eigenvalue weighted by molar-refractivity contribution is 5.87. The molecule has 1 rings (SSSR count). The number of carbonyl (C=O) groups excluding carboxylic acids is 1. The van der Waals surface area contributed by atoms with Crippen molar-refractivity contribution in [2.24, 2.45) is 0 Å². The van der Waals surface area contributed by atoms with Gasteiger partial charge in [-0.05, 0) is 52.3 Å². The Labute approximate surface area is 103 Å². The number of amides is 1. The summed E-state index contributed by atoms with van der Waals surface area (Å²) in [7, 11) is 0. The van der Waals surface area contributed by atoms with Crippen molar-refractivity contribution in [3.63, 3.8) is 0 Å². The molecule has 0 radical (unpaired) electrons. The molecule has 0 atom stereocenters. The normalized spacial score (nSPS) is 11.1. The number of carbonyl (C=O) groups is 1. The van der Waals surface area contributed by atoms with E-state index in [9.17, 15) is 4.79 Å². The number of aryl methyl sites for hydroxylation is 1. The Hall–Kier alpha value is -1.51. The lowest BCUT2D eigenvalue weighted by atomic mass is 10.2. The summed E-state index contributed by atoms with van der Waals surface area (Å²) in [6, 6.07) is 7.85. The molecule has 0 saturated carbocycles. The maximum atomic E-state index is 12.0. The smallest absolute Gasteiger partial charge is 0.414 e. The van der Waals surface area contributed by atoms with Crippen LogP contribution in [0.1, 0.15) is 33.3 Å². The molecule has 17 heavy (non-hydrogen) atoms. The maximum absolute atomic E-state index is 12.0. The monoisotopic (exact) mass is 235 g/mol. The van der Waals surface area contributed by atoms with Crippen LogP contribution in [0.3, 0.4) is 0 Å². The quantitative estimate of drug-likeness (QED) is 0.781. The predicted molar refractivity (Wildman–Crippen MR) is 70.4 cm³/mol. The van der Waals surface area contributed by atoms with Gasteiger partial charge in [-0.1, -0.05) is 12.1 Å². The molecule has 0 N–H and O–H groups in total. The number of ether oxygens (including phenoxy) is 1. The molecule has 0 aliphatic heterocycles. The SMILES string of the molecule is CCN(C(=O)OC(C)(C)C)c1cccc(C)c1. The van der Waals surface area contributed by atoms with Crippen LogP contribution in [0.4, 0.5) is 10.5 Å². The van der Waals surface area contributed by atoms with Crippen molar-refractivity contribution in [1.29, 1.82) is 0 Å². The summed E-state index contributed by atoms with van der Waals surface area (Å²) < 4.78 is 5.37. The van der Waals surface area contributed by atoms with Gasteiger partial charge >= 0.3 is 6.09 Å². The molecular weight excluding hydrogens is 214 g/mol. The van der Waals surface area contributed by atoms with Crippen LogP contribution in [0.2, 0.25) is 0 Å². The number of hydrogen-bond acceptors (Lipinski definition) is 2. The largest absolute Gasteiger partial charge is 0.443 e. The molecule has 1 aromatic rings. The summed E-state index contributed by atoms with van der Waals surface area (Å²) in [5, 5.41) is 0. The third-order valence-electron chi connectivity index (χ3n) is 2.24. The molecule has 3 heteroatoms. The average Bonchev–Trinajstić information content (AvgIpc) is 2.15. The van der Waals surface area contributed by atoms with Crippen molar-refractivity contribution >= 4 is 11.8 Å². The standard InChI is InChI=1S/C14H21NO2/c1-6-15(13(16)17-14(3,4)5)12-9-7-8-11(2)10-12/h7-10H,6H2,1-5H3. The minimum Gasteiger partial charge on any atom is -0.443 e. The average molecular weight is 235 g/mol. The molecule has 0 aliphatic carbocycles. The second-order valence-electron chi connectivity index (χ2n) is 5.06. The molecule has 1 aromatic carbocycles. The van der Waals surface area contributed by atoms with Crippen molar-refractivity contribution in [3.8, 4) is 0 Å². The first-order valence-electron chi connectivity index (χ1n) is 5.90. The second-order valence-corrected chi connectivity index (χ2v) is 5.06. The predicted octanol–water partition coefficient (Wildman–Crippen LogP) is 3.76. The molecular formula is C14H21NO2. The first kappa shape index (κ1) is 13.6. The fraction of sp³-hybridized carbons (Fsp3) is 0.500. The van der Waals surface area contributed by atoms with Crippen LogP contribution >= 0.6 is 0 Å². The molecule has 0 saturated heterocycles. The highest BCUT2D eigenvalue weighted by Gasteiger charge is 2.22. The molecule has 0 aromatic heterocycles. The molecule has 0 unspecified atom stereocenters. The zero-order valence-corrected chi connectivity index (χ0v) is 11.3. The number of benzene rings is 1. The molecule has 0 aliphatic rings. The van der Waals surface area contributed by atoms with Gasteiger partial charge in [-0.25, -0.2) is 4.79 Å². The minimum atomic E-state index is -0.464. The van der Waals surface area contributed by atoms with Crippen LogP contribution in [-0.4, -0.2) is 18.2 Å². The Bertz CT molecular complexity index is 393. The van der Waals surface area contributed by atoms with E-state index in [0.29, 0.717) is 6.54 Å². The van der Waals surface area contributed by atoms with Crippen LogP contribution in [0.15, 0.2) is 24.3 Å². The van der Waals surface area contributed by atoms with Gasteiger partial charge in [0.2, 0.25) is 0 Å². The Kier molecular flexibility index (Phi) is 4.16. The molecule has 3 nitrogen and oxygen atoms in total.